The molecule has 0 aliphatic heterocycles. The minimum absolute atomic E-state index is 0.102. The molecule has 0 aliphatic rings. The summed E-state index contributed by atoms with van der Waals surface area (Å²) in [6, 6.07) is -0.102. The smallest absolute Gasteiger partial charge is 0.0516 e. The number of azide groups is 1. The minimum atomic E-state index is -0.384. The second kappa shape index (κ2) is 4.18. The van der Waals surface area contributed by atoms with Crippen molar-refractivity contribution >= 4 is 0 Å². The van der Waals surface area contributed by atoms with Gasteiger partial charge in [0.2, 0.25) is 0 Å². The molecule has 4 heteroatoms. The third-order valence-corrected chi connectivity index (χ3v) is 0.931. The third kappa shape index (κ3) is 5.14. The Bertz CT molecular complexity index is 117. The van der Waals surface area contributed by atoms with E-state index in [9.17, 15) is 0 Å². The molecule has 0 spiro atoms. The van der Waals surface area contributed by atoms with Gasteiger partial charge in [-0.1, -0.05) is 12.0 Å². The van der Waals surface area contributed by atoms with Gasteiger partial charge in [-0.05, 0) is 18.9 Å². The van der Waals surface area contributed by atoms with E-state index in [4.69, 9.17) is 10.6 Å². The Kier molecular flexibility index (Phi) is 3.84. The molecular formula is C5H11N3O. The molecule has 52 valence electrons. The average Bonchev–Trinajstić information content (AvgIpc) is 1.63. The van der Waals surface area contributed by atoms with Gasteiger partial charge in [-0.2, -0.15) is 0 Å². The summed E-state index contributed by atoms with van der Waals surface area (Å²) in [7, 11) is 0. The Labute approximate surface area is 54.1 Å². The molecule has 0 heterocycles. The van der Waals surface area contributed by atoms with Gasteiger partial charge in [0.05, 0.1) is 6.10 Å². The summed E-state index contributed by atoms with van der Waals surface area (Å²) in [4.78, 5) is 2.60. The molecule has 0 radical (unpaired) electrons. The first kappa shape index (κ1) is 8.27. The maximum absolute atomic E-state index is 8.77. The molecule has 0 saturated carbocycles. The van der Waals surface area contributed by atoms with E-state index in [2.05, 4.69) is 10.0 Å². The molecule has 0 rings (SSSR count). The first-order chi connectivity index (χ1) is 4.16. The van der Waals surface area contributed by atoms with Crippen molar-refractivity contribution in [3.63, 3.8) is 0 Å². The van der Waals surface area contributed by atoms with Gasteiger partial charge in [-0.15, -0.1) is 0 Å². The van der Waals surface area contributed by atoms with Gasteiger partial charge in [0.1, 0.15) is 0 Å². The summed E-state index contributed by atoms with van der Waals surface area (Å²) in [5, 5.41) is 12.2. The van der Waals surface area contributed by atoms with Crippen LogP contribution in [0.2, 0.25) is 0 Å². The van der Waals surface area contributed by atoms with Crippen molar-refractivity contribution in [2.45, 2.75) is 32.4 Å². The van der Waals surface area contributed by atoms with Crippen LogP contribution in [0.3, 0.4) is 0 Å². The molecule has 0 aromatic rings. The maximum Gasteiger partial charge on any atom is 0.0516 e. The summed E-state index contributed by atoms with van der Waals surface area (Å²) in [6.45, 7) is 3.44. The van der Waals surface area contributed by atoms with Crippen LogP contribution in [0.1, 0.15) is 20.3 Å². The largest absolute Gasteiger partial charge is 0.393 e. The third-order valence-electron chi connectivity index (χ3n) is 0.931. The van der Waals surface area contributed by atoms with Crippen molar-refractivity contribution < 1.29 is 5.11 Å². The highest BCUT2D eigenvalue weighted by Gasteiger charge is 2.01. The first-order valence-corrected chi connectivity index (χ1v) is 2.89. The Morgan fingerprint density at radius 3 is 2.56 bits per heavy atom. The number of aliphatic hydroxyl groups is 1. The lowest BCUT2D eigenvalue weighted by molar-refractivity contribution is 0.177. The molecule has 0 aromatic heterocycles. The monoisotopic (exact) mass is 129 g/mol. The lowest BCUT2D eigenvalue weighted by atomic mass is 10.2. The van der Waals surface area contributed by atoms with Crippen LogP contribution in [0.25, 0.3) is 10.4 Å². The molecule has 4 nitrogen and oxygen atoms in total. The number of aliphatic hydroxyl groups excluding tert-OH is 1. The molecule has 1 N–H and O–H groups in total. The zero-order chi connectivity index (χ0) is 7.28. The van der Waals surface area contributed by atoms with E-state index in [1.54, 1.807) is 13.8 Å². The molecule has 0 amide bonds. The zero-order valence-corrected chi connectivity index (χ0v) is 5.65. The van der Waals surface area contributed by atoms with Gasteiger partial charge in [-0.3, -0.25) is 0 Å². The van der Waals surface area contributed by atoms with Crippen molar-refractivity contribution in [1.82, 2.24) is 0 Å². The normalized spacial score (nSPS) is 15.9. The van der Waals surface area contributed by atoms with Gasteiger partial charge in [0, 0.05) is 11.0 Å². The predicted molar refractivity (Wildman–Crippen MR) is 34.9 cm³/mol. The molecule has 0 aromatic carbocycles. The fourth-order valence-electron chi connectivity index (χ4n) is 0.629. The van der Waals surface area contributed by atoms with Gasteiger partial charge < -0.3 is 5.11 Å². The highest BCUT2D eigenvalue weighted by atomic mass is 16.3. The predicted octanol–water partition coefficient (Wildman–Crippen LogP) is 1.46. The standard InChI is InChI=1S/C5H11N3O/c1-4(7-8-6)3-5(2)9/h4-5,9H,3H2,1-2H3/t4-,5+/m0/s1. The zero-order valence-electron chi connectivity index (χ0n) is 5.65. The lowest BCUT2D eigenvalue weighted by Crippen LogP contribution is -2.08. The SMILES string of the molecule is C[C@@H](O)C[C@H](C)N=[N+]=[N-]. The summed E-state index contributed by atoms with van der Waals surface area (Å²) < 4.78 is 0. The Balaban J connectivity index is 3.49. The van der Waals surface area contributed by atoms with Gasteiger partial charge >= 0.3 is 0 Å². The summed E-state index contributed by atoms with van der Waals surface area (Å²) >= 11 is 0. The molecular weight excluding hydrogens is 118 g/mol. The number of hydrogen-bond acceptors (Lipinski definition) is 2. The van der Waals surface area contributed by atoms with E-state index >= 15 is 0 Å². The maximum atomic E-state index is 8.77. The van der Waals surface area contributed by atoms with Crippen LogP contribution in [-0.2, 0) is 0 Å². The van der Waals surface area contributed by atoms with Crippen molar-refractivity contribution in [3.05, 3.63) is 10.4 Å². The topological polar surface area (TPSA) is 69.0 Å². The molecule has 0 fully saturated rings. The fourth-order valence-corrected chi connectivity index (χ4v) is 0.629. The molecule has 2 atom stereocenters. The van der Waals surface area contributed by atoms with Crippen LogP contribution < -0.4 is 0 Å². The van der Waals surface area contributed by atoms with Crippen LogP contribution in [0.15, 0.2) is 5.11 Å². The second-order valence-corrected chi connectivity index (χ2v) is 2.14. The lowest BCUT2D eigenvalue weighted by Gasteiger charge is -2.04. The van der Waals surface area contributed by atoms with E-state index in [0.717, 1.165) is 0 Å². The van der Waals surface area contributed by atoms with Crippen molar-refractivity contribution in [1.29, 1.82) is 0 Å². The Morgan fingerprint density at radius 1 is 1.67 bits per heavy atom. The second-order valence-electron chi connectivity index (χ2n) is 2.14. The highest BCUT2D eigenvalue weighted by molar-refractivity contribution is 4.63. The van der Waals surface area contributed by atoms with Crippen molar-refractivity contribution in [2.24, 2.45) is 5.11 Å². The number of nitrogens with zero attached hydrogens (tertiary/aromatic N) is 3. The van der Waals surface area contributed by atoms with Gasteiger partial charge in [0.15, 0.2) is 0 Å². The average molecular weight is 129 g/mol. The molecule has 0 unspecified atom stereocenters. The van der Waals surface area contributed by atoms with Crippen molar-refractivity contribution in [2.75, 3.05) is 0 Å². The molecule has 0 bridgehead atoms. The molecule has 0 saturated heterocycles. The minimum Gasteiger partial charge on any atom is -0.393 e. The van der Waals surface area contributed by atoms with Crippen LogP contribution in [-0.4, -0.2) is 17.3 Å². The summed E-state index contributed by atoms with van der Waals surface area (Å²) in [5.74, 6) is 0. The van der Waals surface area contributed by atoms with Crippen LogP contribution in [0.4, 0.5) is 0 Å². The van der Waals surface area contributed by atoms with E-state index < -0.39 is 0 Å². The van der Waals surface area contributed by atoms with Gasteiger partial charge in [0.25, 0.3) is 0 Å². The summed E-state index contributed by atoms with van der Waals surface area (Å²) in [6.07, 6.45) is 0.148. The first-order valence-electron chi connectivity index (χ1n) is 2.89. The fraction of sp³-hybridized carbons (Fsp3) is 1.00. The number of hydrogen-bond donors (Lipinski definition) is 1. The van der Waals surface area contributed by atoms with Crippen LogP contribution >= 0.6 is 0 Å². The van der Waals surface area contributed by atoms with E-state index in [1.807, 2.05) is 0 Å². The van der Waals surface area contributed by atoms with E-state index in [1.165, 1.54) is 0 Å². The number of rotatable bonds is 3. The van der Waals surface area contributed by atoms with Crippen molar-refractivity contribution in [3.8, 4) is 0 Å². The Morgan fingerprint density at radius 2 is 2.22 bits per heavy atom. The van der Waals surface area contributed by atoms with E-state index in [-0.39, 0.29) is 12.1 Å². The Hall–Kier alpha value is -0.730. The van der Waals surface area contributed by atoms with Crippen LogP contribution in [0, 0.1) is 0 Å². The highest BCUT2D eigenvalue weighted by Crippen LogP contribution is 2.00. The molecule has 0 aliphatic carbocycles. The molecule has 9 heavy (non-hydrogen) atoms. The quantitative estimate of drug-likeness (QED) is 0.349. The summed E-state index contributed by atoms with van der Waals surface area (Å²) in [5.41, 5.74) is 7.93. The van der Waals surface area contributed by atoms with Crippen LogP contribution in [0.5, 0.6) is 0 Å². The van der Waals surface area contributed by atoms with E-state index in [0.29, 0.717) is 6.42 Å². The van der Waals surface area contributed by atoms with Gasteiger partial charge in [-0.25, -0.2) is 0 Å².